The number of aliphatic imine (C=N–C) groups is 1. The van der Waals surface area contributed by atoms with Gasteiger partial charge in [0.15, 0.2) is 5.17 Å². The summed E-state index contributed by atoms with van der Waals surface area (Å²) in [5.74, 6) is 0.192. The van der Waals surface area contributed by atoms with Crippen LogP contribution in [-0.4, -0.2) is 28.8 Å². The molecule has 0 saturated heterocycles. The molecule has 0 aliphatic carbocycles. The van der Waals surface area contributed by atoms with Crippen LogP contribution in [0.5, 0.6) is 5.75 Å². The molecule has 0 aromatic heterocycles. The predicted octanol–water partition coefficient (Wildman–Crippen LogP) is 2.54. The lowest BCUT2D eigenvalue weighted by Crippen LogP contribution is -2.21. The van der Waals surface area contributed by atoms with Gasteiger partial charge in [0.25, 0.3) is 5.91 Å². The molecule has 0 spiro atoms. The van der Waals surface area contributed by atoms with Crippen LogP contribution in [0.15, 0.2) is 29.3 Å². The first-order chi connectivity index (χ1) is 11.1. The first kappa shape index (κ1) is 17.3. The van der Waals surface area contributed by atoms with Crippen molar-refractivity contribution >= 4 is 34.4 Å². The summed E-state index contributed by atoms with van der Waals surface area (Å²) in [6.45, 7) is 2.84. The van der Waals surface area contributed by atoms with Gasteiger partial charge in [-0.25, -0.2) is 0 Å². The van der Waals surface area contributed by atoms with Gasteiger partial charge in [-0.05, 0) is 30.7 Å². The number of amides is 2. The molecule has 6 nitrogen and oxygen atoms in total. The van der Waals surface area contributed by atoms with Crippen molar-refractivity contribution in [2.75, 3.05) is 11.9 Å². The molecule has 0 unspecified atom stereocenters. The molecule has 1 aliphatic rings. The fourth-order valence-corrected chi connectivity index (χ4v) is 2.91. The average Bonchev–Trinajstić information content (AvgIpc) is 2.83. The molecule has 124 valence electrons. The molecule has 1 aromatic rings. The molecule has 0 saturated carbocycles. The Morgan fingerprint density at radius 3 is 2.70 bits per heavy atom. The van der Waals surface area contributed by atoms with Gasteiger partial charge in [-0.3, -0.25) is 9.59 Å². The molecule has 1 aromatic carbocycles. The summed E-state index contributed by atoms with van der Waals surface area (Å²) in [4.78, 5) is 27.0. The van der Waals surface area contributed by atoms with Crippen LogP contribution < -0.4 is 15.8 Å². The van der Waals surface area contributed by atoms with Gasteiger partial charge >= 0.3 is 0 Å². The van der Waals surface area contributed by atoms with Gasteiger partial charge in [-0.2, -0.15) is 4.99 Å². The third-order valence-corrected chi connectivity index (χ3v) is 4.27. The number of anilines is 1. The molecule has 0 fully saturated rings. The maximum absolute atomic E-state index is 11.9. The highest BCUT2D eigenvalue weighted by atomic mass is 32.2. The average molecular weight is 335 g/mol. The van der Waals surface area contributed by atoms with Crippen LogP contribution in [0, 0.1) is 0 Å². The topological polar surface area (TPSA) is 93.8 Å². The van der Waals surface area contributed by atoms with E-state index in [0.717, 1.165) is 36.8 Å². The van der Waals surface area contributed by atoms with E-state index in [1.54, 1.807) is 12.1 Å². The smallest absolute Gasteiger partial charge is 0.262 e. The molecule has 2 rings (SSSR count). The van der Waals surface area contributed by atoms with E-state index in [1.165, 1.54) is 0 Å². The molecule has 1 atom stereocenters. The zero-order valence-corrected chi connectivity index (χ0v) is 13.9. The van der Waals surface area contributed by atoms with Crippen molar-refractivity contribution in [3.05, 3.63) is 24.3 Å². The number of hydrogen-bond acceptors (Lipinski definition) is 5. The van der Waals surface area contributed by atoms with E-state index in [0.29, 0.717) is 12.3 Å². The first-order valence-electron chi connectivity index (χ1n) is 7.66. The molecule has 23 heavy (non-hydrogen) atoms. The van der Waals surface area contributed by atoms with E-state index >= 15 is 0 Å². The Morgan fingerprint density at radius 1 is 1.35 bits per heavy atom. The Morgan fingerprint density at radius 2 is 2.09 bits per heavy atom. The Hall–Kier alpha value is -2.02. The summed E-state index contributed by atoms with van der Waals surface area (Å²) < 4.78 is 5.61. The van der Waals surface area contributed by atoms with Crippen LogP contribution in [0.4, 0.5) is 5.69 Å². The van der Waals surface area contributed by atoms with Crippen molar-refractivity contribution in [3.8, 4) is 5.75 Å². The summed E-state index contributed by atoms with van der Waals surface area (Å²) in [5, 5.41) is 2.46. The van der Waals surface area contributed by atoms with Crippen molar-refractivity contribution in [2.24, 2.45) is 10.7 Å². The van der Waals surface area contributed by atoms with Crippen LogP contribution in [0.2, 0.25) is 0 Å². The molecule has 3 N–H and O–H groups in total. The molecule has 0 radical (unpaired) electrons. The lowest BCUT2D eigenvalue weighted by Gasteiger charge is -2.09. The highest BCUT2D eigenvalue weighted by Gasteiger charge is 2.29. The minimum atomic E-state index is -0.517. The Balaban J connectivity index is 1.77. The summed E-state index contributed by atoms with van der Waals surface area (Å²) in [6.07, 6.45) is 3.41. The number of unbranched alkanes of at least 4 members (excludes halogenated alkanes) is 2. The number of nitrogens with one attached hydrogen (secondary N) is 1. The highest BCUT2D eigenvalue weighted by Crippen LogP contribution is 2.23. The largest absolute Gasteiger partial charge is 0.494 e. The molecule has 2 amide bonds. The van der Waals surface area contributed by atoms with Crippen LogP contribution in [-0.2, 0) is 9.59 Å². The Kier molecular flexibility index (Phi) is 6.46. The summed E-state index contributed by atoms with van der Waals surface area (Å²) in [7, 11) is 0. The normalized spacial score (nSPS) is 17.0. The molecule has 1 heterocycles. The second kappa shape index (κ2) is 8.57. The standard InChI is InChI=1S/C16H21N3O3S/c1-2-3-4-9-22-12-7-5-11(6-8-12)18-14(20)10-13-15(21)19-16(17)23-13/h5-8,13H,2-4,9-10H2,1H3,(H,18,20)(H2,17,19,21)/t13-/m0/s1. The van der Waals surface area contributed by atoms with Crippen LogP contribution in [0.1, 0.15) is 32.6 Å². The van der Waals surface area contributed by atoms with Gasteiger partial charge in [0.1, 0.15) is 11.0 Å². The summed E-state index contributed by atoms with van der Waals surface area (Å²) >= 11 is 1.13. The van der Waals surface area contributed by atoms with Gasteiger partial charge in [0.2, 0.25) is 5.91 Å². The zero-order chi connectivity index (χ0) is 16.7. The van der Waals surface area contributed by atoms with E-state index in [2.05, 4.69) is 17.2 Å². The SMILES string of the molecule is CCCCCOc1ccc(NC(=O)C[C@@H]2SC(N)=NC2=O)cc1. The van der Waals surface area contributed by atoms with Crippen molar-refractivity contribution in [3.63, 3.8) is 0 Å². The van der Waals surface area contributed by atoms with Crippen LogP contribution in [0.3, 0.4) is 0 Å². The fraction of sp³-hybridized carbons (Fsp3) is 0.438. The number of rotatable bonds is 8. The summed E-state index contributed by atoms with van der Waals surface area (Å²) in [6, 6.07) is 7.19. The van der Waals surface area contributed by atoms with E-state index in [1.807, 2.05) is 12.1 Å². The molecule has 7 heteroatoms. The number of amidine groups is 1. The second-order valence-corrected chi connectivity index (χ2v) is 6.45. The Bertz CT molecular complexity index is 587. The molecule has 0 bridgehead atoms. The van der Waals surface area contributed by atoms with Crippen molar-refractivity contribution in [1.29, 1.82) is 0 Å². The minimum absolute atomic E-state index is 0.0585. The molecule has 1 aliphatic heterocycles. The fourth-order valence-electron chi connectivity index (χ4n) is 2.09. The first-order valence-corrected chi connectivity index (χ1v) is 8.54. The van der Waals surface area contributed by atoms with Crippen molar-refractivity contribution in [1.82, 2.24) is 0 Å². The lowest BCUT2D eigenvalue weighted by atomic mass is 10.2. The third-order valence-electron chi connectivity index (χ3n) is 3.28. The van der Waals surface area contributed by atoms with Gasteiger partial charge < -0.3 is 15.8 Å². The van der Waals surface area contributed by atoms with E-state index in [-0.39, 0.29) is 23.4 Å². The minimum Gasteiger partial charge on any atom is -0.494 e. The maximum Gasteiger partial charge on any atom is 0.262 e. The lowest BCUT2D eigenvalue weighted by molar-refractivity contribution is -0.121. The van der Waals surface area contributed by atoms with Gasteiger partial charge in [-0.15, -0.1) is 0 Å². The number of hydrogen-bond donors (Lipinski definition) is 2. The quantitative estimate of drug-likeness (QED) is 0.712. The van der Waals surface area contributed by atoms with E-state index in [4.69, 9.17) is 10.5 Å². The van der Waals surface area contributed by atoms with Crippen molar-refractivity contribution in [2.45, 2.75) is 37.9 Å². The molecular weight excluding hydrogens is 314 g/mol. The van der Waals surface area contributed by atoms with Crippen LogP contribution >= 0.6 is 11.8 Å². The maximum atomic E-state index is 11.9. The highest BCUT2D eigenvalue weighted by molar-refractivity contribution is 8.15. The number of nitrogens with two attached hydrogens (primary N) is 1. The predicted molar refractivity (Wildman–Crippen MR) is 92.7 cm³/mol. The number of benzene rings is 1. The van der Waals surface area contributed by atoms with Gasteiger partial charge in [0.05, 0.1) is 6.61 Å². The zero-order valence-electron chi connectivity index (χ0n) is 13.1. The van der Waals surface area contributed by atoms with E-state index in [9.17, 15) is 9.59 Å². The summed E-state index contributed by atoms with van der Waals surface area (Å²) in [5.41, 5.74) is 6.13. The van der Waals surface area contributed by atoms with E-state index < -0.39 is 5.25 Å². The van der Waals surface area contributed by atoms with Gasteiger partial charge in [0, 0.05) is 12.1 Å². The molecular formula is C16H21N3O3S. The Labute approximate surface area is 139 Å². The second-order valence-electron chi connectivity index (χ2n) is 5.23. The monoisotopic (exact) mass is 335 g/mol. The number of ether oxygens (including phenoxy) is 1. The number of thioether (sulfide) groups is 1. The van der Waals surface area contributed by atoms with Gasteiger partial charge in [-0.1, -0.05) is 31.5 Å². The number of carbonyl (C=O) groups excluding carboxylic acids is 2. The van der Waals surface area contributed by atoms with Crippen molar-refractivity contribution < 1.29 is 14.3 Å². The number of carbonyl (C=O) groups is 2. The number of nitrogens with zero attached hydrogens (tertiary/aromatic N) is 1. The third kappa shape index (κ3) is 5.59. The van der Waals surface area contributed by atoms with Crippen LogP contribution in [0.25, 0.3) is 0 Å².